The predicted molar refractivity (Wildman–Crippen MR) is 71.2 cm³/mol. The summed E-state index contributed by atoms with van der Waals surface area (Å²) in [7, 11) is 0. The van der Waals surface area contributed by atoms with E-state index >= 15 is 0 Å². The van der Waals surface area contributed by atoms with Crippen LogP contribution in [0.25, 0.3) is 0 Å². The number of unbranched alkanes of at least 4 members (excludes halogenated alkanes) is 3. The Labute approximate surface area is 115 Å². The molecule has 6 nitrogen and oxygen atoms in total. The molecule has 0 saturated carbocycles. The number of aliphatic hydroxyl groups excluding tert-OH is 1. The Morgan fingerprint density at radius 3 is 2.42 bits per heavy atom. The van der Waals surface area contributed by atoms with Crippen LogP contribution in [0.4, 0.5) is 4.79 Å². The molecule has 1 amide bonds. The number of carbonyl (C=O) groups excluding carboxylic acids is 1. The first-order valence-electron chi connectivity index (χ1n) is 6.91. The van der Waals surface area contributed by atoms with Gasteiger partial charge in [0.25, 0.3) is 0 Å². The standard InChI is InChI=1S/C13H27NO5/c1-4-5-6-7-8-18-13(17)14-19-11(12(15)16)9-10(2)3/h10-12,15-16H,4-9H2,1-3H3,(H,14,17)/t11-/m0/s1. The van der Waals surface area contributed by atoms with E-state index in [1.807, 2.05) is 13.8 Å². The van der Waals surface area contributed by atoms with E-state index in [0.717, 1.165) is 25.7 Å². The van der Waals surface area contributed by atoms with Gasteiger partial charge in [0.05, 0.1) is 6.61 Å². The Morgan fingerprint density at radius 1 is 1.21 bits per heavy atom. The highest BCUT2D eigenvalue weighted by Gasteiger charge is 2.20. The van der Waals surface area contributed by atoms with Gasteiger partial charge in [0.2, 0.25) is 0 Å². The summed E-state index contributed by atoms with van der Waals surface area (Å²) in [4.78, 5) is 16.2. The second kappa shape index (κ2) is 11.0. The molecule has 0 aromatic carbocycles. The third-order valence-electron chi connectivity index (χ3n) is 2.56. The Kier molecular flexibility index (Phi) is 10.5. The zero-order valence-corrected chi connectivity index (χ0v) is 12.1. The highest BCUT2D eigenvalue weighted by molar-refractivity contribution is 5.65. The molecule has 3 N–H and O–H groups in total. The first-order valence-corrected chi connectivity index (χ1v) is 6.91. The van der Waals surface area contributed by atoms with E-state index in [1.54, 1.807) is 0 Å². The van der Waals surface area contributed by atoms with Crippen LogP contribution in [-0.4, -0.2) is 35.3 Å². The summed E-state index contributed by atoms with van der Waals surface area (Å²) in [5, 5.41) is 18.2. The number of amides is 1. The van der Waals surface area contributed by atoms with Crippen LogP contribution in [0, 0.1) is 5.92 Å². The summed E-state index contributed by atoms with van der Waals surface area (Å²) in [5.74, 6) is 0.221. The highest BCUT2D eigenvalue weighted by Crippen LogP contribution is 2.09. The maximum absolute atomic E-state index is 11.3. The SMILES string of the molecule is CCCCCCOC(=O)NO[C@@H](CC(C)C)C(O)O. The van der Waals surface area contributed by atoms with Crippen LogP contribution in [-0.2, 0) is 9.57 Å². The van der Waals surface area contributed by atoms with Crippen LogP contribution in [0.2, 0.25) is 0 Å². The largest absolute Gasteiger partial charge is 0.448 e. The Hall–Kier alpha value is -0.850. The first-order chi connectivity index (χ1) is 8.97. The molecule has 0 bridgehead atoms. The number of carbonyl (C=O) groups is 1. The van der Waals surface area contributed by atoms with Crippen LogP contribution >= 0.6 is 0 Å². The molecular formula is C13H27NO5. The number of hydroxylamine groups is 1. The maximum atomic E-state index is 11.3. The molecule has 0 saturated heterocycles. The average Bonchev–Trinajstić information content (AvgIpc) is 2.33. The van der Waals surface area contributed by atoms with Crippen LogP contribution in [0.1, 0.15) is 52.9 Å². The summed E-state index contributed by atoms with van der Waals surface area (Å²) in [6, 6.07) is 0. The zero-order valence-electron chi connectivity index (χ0n) is 12.1. The van der Waals surface area contributed by atoms with Crippen molar-refractivity contribution in [1.29, 1.82) is 0 Å². The smallest absolute Gasteiger partial charge is 0.431 e. The predicted octanol–water partition coefficient (Wildman–Crippen LogP) is 1.95. The average molecular weight is 277 g/mol. The minimum Gasteiger partial charge on any atom is -0.448 e. The number of ether oxygens (including phenoxy) is 1. The van der Waals surface area contributed by atoms with E-state index < -0.39 is 18.5 Å². The number of hydrogen-bond acceptors (Lipinski definition) is 5. The molecule has 6 heteroatoms. The van der Waals surface area contributed by atoms with E-state index in [0.29, 0.717) is 13.0 Å². The molecule has 0 unspecified atom stereocenters. The molecule has 0 rings (SSSR count). The number of hydrogen-bond donors (Lipinski definition) is 3. The summed E-state index contributed by atoms with van der Waals surface area (Å²) in [6.07, 6.45) is 1.32. The molecule has 0 aliphatic carbocycles. The Balaban J connectivity index is 3.73. The summed E-state index contributed by atoms with van der Waals surface area (Å²) in [6.45, 7) is 6.29. The van der Waals surface area contributed by atoms with Crippen molar-refractivity contribution < 1.29 is 24.6 Å². The lowest BCUT2D eigenvalue weighted by molar-refractivity contribution is -0.170. The van der Waals surface area contributed by atoms with Crippen molar-refractivity contribution in [3.63, 3.8) is 0 Å². The lowest BCUT2D eigenvalue weighted by Gasteiger charge is -2.20. The van der Waals surface area contributed by atoms with Crippen LogP contribution < -0.4 is 5.48 Å². The van der Waals surface area contributed by atoms with Crippen molar-refractivity contribution in [2.75, 3.05) is 6.61 Å². The van der Waals surface area contributed by atoms with Crippen LogP contribution in [0.15, 0.2) is 0 Å². The quantitative estimate of drug-likeness (QED) is 0.323. The van der Waals surface area contributed by atoms with E-state index in [9.17, 15) is 4.79 Å². The van der Waals surface area contributed by atoms with E-state index in [4.69, 9.17) is 19.8 Å². The van der Waals surface area contributed by atoms with Gasteiger partial charge in [0.1, 0.15) is 6.10 Å². The van der Waals surface area contributed by atoms with Crippen LogP contribution in [0.5, 0.6) is 0 Å². The van der Waals surface area contributed by atoms with Crippen molar-refractivity contribution >= 4 is 6.09 Å². The number of nitrogens with one attached hydrogen (secondary N) is 1. The monoisotopic (exact) mass is 277 g/mol. The van der Waals surface area contributed by atoms with E-state index in [-0.39, 0.29) is 5.92 Å². The van der Waals surface area contributed by atoms with Gasteiger partial charge in [0, 0.05) is 0 Å². The minimum absolute atomic E-state index is 0.221. The van der Waals surface area contributed by atoms with Gasteiger partial charge in [-0.05, 0) is 18.8 Å². The molecule has 0 aliphatic heterocycles. The second-order valence-corrected chi connectivity index (χ2v) is 5.00. The Bertz CT molecular complexity index is 233. The molecule has 1 atom stereocenters. The van der Waals surface area contributed by atoms with Crippen LogP contribution in [0.3, 0.4) is 0 Å². The van der Waals surface area contributed by atoms with Gasteiger partial charge in [-0.15, -0.1) is 0 Å². The van der Waals surface area contributed by atoms with Crippen molar-refractivity contribution in [3.05, 3.63) is 0 Å². The van der Waals surface area contributed by atoms with Crippen molar-refractivity contribution in [2.45, 2.75) is 65.3 Å². The zero-order chi connectivity index (χ0) is 14.7. The van der Waals surface area contributed by atoms with E-state index in [1.165, 1.54) is 0 Å². The summed E-state index contributed by atoms with van der Waals surface area (Å²) >= 11 is 0. The molecule has 19 heavy (non-hydrogen) atoms. The lowest BCUT2D eigenvalue weighted by atomic mass is 10.1. The van der Waals surface area contributed by atoms with Gasteiger partial charge in [-0.25, -0.2) is 4.79 Å². The van der Waals surface area contributed by atoms with Gasteiger partial charge in [0.15, 0.2) is 6.29 Å². The summed E-state index contributed by atoms with van der Waals surface area (Å²) in [5.41, 5.74) is 2.08. The molecule has 0 heterocycles. The highest BCUT2D eigenvalue weighted by atomic mass is 16.7. The molecular weight excluding hydrogens is 250 g/mol. The fourth-order valence-corrected chi connectivity index (χ4v) is 1.54. The fourth-order valence-electron chi connectivity index (χ4n) is 1.54. The van der Waals surface area contributed by atoms with Crippen molar-refractivity contribution in [1.82, 2.24) is 5.48 Å². The summed E-state index contributed by atoms with van der Waals surface area (Å²) < 4.78 is 4.89. The third-order valence-corrected chi connectivity index (χ3v) is 2.56. The maximum Gasteiger partial charge on any atom is 0.431 e. The fraction of sp³-hybridized carbons (Fsp3) is 0.923. The van der Waals surface area contributed by atoms with Gasteiger partial charge >= 0.3 is 6.09 Å². The second-order valence-electron chi connectivity index (χ2n) is 5.00. The number of rotatable bonds is 10. The third kappa shape index (κ3) is 10.7. The molecule has 0 radical (unpaired) electrons. The lowest BCUT2D eigenvalue weighted by Crippen LogP contribution is -2.38. The normalized spacial score (nSPS) is 12.8. The first kappa shape index (κ1) is 18.1. The van der Waals surface area contributed by atoms with Crippen molar-refractivity contribution in [2.24, 2.45) is 5.92 Å². The van der Waals surface area contributed by atoms with Gasteiger partial charge in [-0.2, -0.15) is 5.48 Å². The Morgan fingerprint density at radius 2 is 1.89 bits per heavy atom. The van der Waals surface area contributed by atoms with Crippen molar-refractivity contribution in [3.8, 4) is 0 Å². The molecule has 0 fully saturated rings. The molecule has 0 spiro atoms. The van der Waals surface area contributed by atoms with E-state index in [2.05, 4.69) is 12.4 Å². The molecule has 114 valence electrons. The molecule has 0 aliphatic rings. The molecule has 0 aromatic rings. The van der Waals surface area contributed by atoms with Gasteiger partial charge in [-0.1, -0.05) is 40.0 Å². The van der Waals surface area contributed by atoms with Gasteiger partial charge in [-0.3, -0.25) is 4.84 Å². The topological polar surface area (TPSA) is 88.0 Å². The minimum atomic E-state index is -1.63. The van der Waals surface area contributed by atoms with Gasteiger partial charge < -0.3 is 14.9 Å². The number of aliphatic hydroxyl groups is 2. The molecule has 0 aromatic heterocycles.